The number of nitrogens with one attached hydrogen (secondary N) is 1. The van der Waals surface area contributed by atoms with Crippen molar-refractivity contribution >= 4 is 0 Å². The fourth-order valence-corrected chi connectivity index (χ4v) is 2.54. The largest absolute Gasteiger partial charge is 0.382 e. The van der Waals surface area contributed by atoms with Crippen molar-refractivity contribution in [1.29, 1.82) is 0 Å². The van der Waals surface area contributed by atoms with Gasteiger partial charge in [0.15, 0.2) is 0 Å². The van der Waals surface area contributed by atoms with Gasteiger partial charge in [-0.15, -0.1) is 0 Å². The molecule has 2 rings (SSSR count). The molecule has 21 heavy (non-hydrogen) atoms. The molecule has 0 saturated heterocycles. The molecule has 0 aliphatic heterocycles. The van der Waals surface area contributed by atoms with Crippen molar-refractivity contribution in [2.75, 3.05) is 14.2 Å². The summed E-state index contributed by atoms with van der Waals surface area (Å²) in [5, 5.41) is 3.40. The average Bonchev–Trinajstić information content (AvgIpc) is 2.56. The lowest BCUT2D eigenvalue weighted by molar-refractivity contribution is 0.106. The predicted octanol–water partition coefficient (Wildman–Crippen LogP) is 4.43. The smallest absolute Gasteiger partial charge is 0.0543 e. The maximum absolute atomic E-state index is 5.33. The van der Waals surface area contributed by atoms with E-state index in [0.717, 1.165) is 12.8 Å². The van der Waals surface area contributed by atoms with E-state index in [-0.39, 0.29) is 0 Å². The zero-order valence-electron chi connectivity index (χ0n) is 13.2. The van der Waals surface area contributed by atoms with E-state index in [1.807, 2.05) is 13.1 Å². The van der Waals surface area contributed by atoms with Crippen LogP contribution in [0, 0.1) is 0 Å². The lowest BCUT2D eigenvalue weighted by Gasteiger charge is -2.19. The fourth-order valence-electron chi connectivity index (χ4n) is 2.54. The maximum atomic E-state index is 5.33. The van der Waals surface area contributed by atoms with Crippen LogP contribution in [0.25, 0.3) is 11.1 Å². The fraction of sp³-hybridized carbons (Fsp3) is 0.368. The monoisotopic (exact) mass is 283 g/mol. The van der Waals surface area contributed by atoms with Gasteiger partial charge in [-0.05, 0) is 43.5 Å². The molecule has 112 valence electrons. The Morgan fingerprint density at radius 2 is 1.52 bits per heavy atom. The van der Waals surface area contributed by atoms with E-state index in [4.69, 9.17) is 4.74 Å². The minimum atomic E-state index is 0.310. The van der Waals surface area contributed by atoms with E-state index in [1.165, 1.54) is 16.7 Å². The Labute approximate surface area is 128 Å². The number of hydrogen-bond acceptors (Lipinski definition) is 2. The first-order chi connectivity index (χ1) is 10.2. The van der Waals surface area contributed by atoms with Gasteiger partial charge in [0.2, 0.25) is 0 Å². The summed E-state index contributed by atoms with van der Waals surface area (Å²) < 4.78 is 5.33. The van der Waals surface area contributed by atoms with Crippen molar-refractivity contribution in [3.8, 4) is 11.1 Å². The lowest BCUT2D eigenvalue weighted by atomic mass is 9.97. The van der Waals surface area contributed by atoms with Gasteiger partial charge in [0.05, 0.1) is 6.10 Å². The third kappa shape index (κ3) is 4.42. The highest BCUT2D eigenvalue weighted by Crippen LogP contribution is 2.24. The van der Waals surface area contributed by atoms with Crippen LogP contribution >= 0.6 is 0 Å². The molecule has 2 atom stereocenters. The Kier molecular flexibility index (Phi) is 5.97. The first-order valence-corrected chi connectivity index (χ1v) is 7.60. The van der Waals surface area contributed by atoms with Crippen LogP contribution in [-0.4, -0.2) is 20.3 Å². The topological polar surface area (TPSA) is 21.3 Å². The number of hydrogen-bond donors (Lipinski definition) is 1. The highest BCUT2D eigenvalue weighted by Gasteiger charge is 2.11. The summed E-state index contributed by atoms with van der Waals surface area (Å²) in [5.74, 6) is 0. The molecule has 0 fully saturated rings. The zero-order valence-corrected chi connectivity index (χ0v) is 13.2. The Bertz CT molecular complexity index is 521. The molecule has 0 aliphatic rings. The van der Waals surface area contributed by atoms with Crippen molar-refractivity contribution in [3.05, 3.63) is 60.2 Å². The minimum absolute atomic E-state index is 0.310. The van der Waals surface area contributed by atoms with E-state index < -0.39 is 0 Å². The molecule has 0 heterocycles. The summed E-state index contributed by atoms with van der Waals surface area (Å²) >= 11 is 0. The lowest BCUT2D eigenvalue weighted by Crippen LogP contribution is -2.18. The highest BCUT2D eigenvalue weighted by atomic mass is 16.5. The molecule has 0 aliphatic carbocycles. The normalized spacial score (nSPS) is 13.9. The van der Waals surface area contributed by atoms with E-state index in [9.17, 15) is 0 Å². The van der Waals surface area contributed by atoms with Crippen LogP contribution in [0.1, 0.15) is 31.4 Å². The highest BCUT2D eigenvalue weighted by molar-refractivity contribution is 5.63. The van der Waals surface area contributed by atoms with Crippen LogP contribution < -0.4 is 5.32 Å². The van der Waals surface area contributed by atoms with E-state index in [1.54, 1.807) is 7.11 Å². The molecule has 2 nitrogen and oxygen atoms in total. The van der Waals surface area contributed by atoms with E-state index in [2.05, 4.69) is 60.8 Å². The van der Waals surface area contributed by atoms with Crippen LogP contribution in [0.4, 0.5) is 0 Å². The molecule has 0 bridgehead atoms. The van der Waals surface area contributed by atoms with Crippen molar-refractivity contribution in [2.45, 2.75) is 31.9 Å². The summed E-state index contributed by atoms with van der Waals surface area (Å²) in [5.41, 5.74) is 3.86. The molecule has 0 amide bonds. The summed E-state index contributed by atoms with van der Waals surface area (Å²) in [6, 6.07) is 19.7. The molecule has 0 aromatic heterocycles. The number of ether oxygens (including phenoxy) is 1. The van der Waals surface area contributed by atoms with Crippen molar-refractivity contribution in [2.24, 2.45) is 0 Å². The first kappa shape index (κ1) is 15.7. The predicted molar refractivity (Wildman–Crippen MR) is 89.4 cm³/mol. The van der Waals surface area contributed by atoms with Gasteiger partial charge in [0.25, 0.3) is 0 Å². The van der Waals surface area contributed by atoms with Crippen LogP contribution in [0.15, 0.2) is 54.6 Å². The van der Waals surface area contributed by atoms with Gasteiger partial charge in [-0.3, -0.25) is 0 Å². The Hall–Kier alpha value is -1.64. The molecular formula is C19H25NO. The van der Waals surface area contributed by atoms with E-state index >= 15 is 0 Å². The average molecular weight is 283 g/mol. The number of benzene rings is 2. The van der Waals surface area contributed by atoms with Gasteiger partial charge >= 0.3 is 0 Å². The second-order valence-corrected chi connectivity index (χ2v) is 5.45. The molecule has 1 N–H and O–H groups in total. The van der Waals surface area contributed by atoms with E-state index in [0.29, 0.717) is 12.1 Å². The van der Waals surface area contributed by atoms with Gasteiger partial charge in [-0.1, -0.05) is 54.6 Å². The molecule has 0 radical (unpaired) electrons. The Morgan fingerprint density at radius 1 is 0.905 bits per heavy atom. The van der Waals surface area contributed by atoms with Gasteiger partial charge in [-0.2, -0.15) is 0 Å². The standard InChI is InChI=1S/C19H25NO/c1-15(21-3)9-14-19(20-2)18-12-10-17(11-13-18)16-7-5-4-6-8-16/h4-8,10-13,15,19-20H,9,14H2,1-3H3. The SMILES string of the molecule is CNC(CCC(C)OC)c1ccc(-c2ccccc2)cc1. The molecule has 2 aromatic rings. The summed E-state index contributed by atoms with van der Waals surface area (Å²) in [6.45, 7) is 2.12. The van der Waals surface area contributed by atoms with Crippen LogP contribution in [0.2, 0.25) is 0 Å². The molecule has 0 spiro atoms. The van der Waals surface area contributed by atoms with Crippen molar-refractivity contribution in [3.63, 3.8) is 0 Å². The van der Waals surface area contributed by atoms with Crippen molar-refractivity contribution in [1.82, 2.24) is 5.32 Å². The van der Waals surface area contributed by atoms with Gasteiger partial charge < -0.3 is 10.1 Å². The first-order valence-electron chi connectivity index (χ1n) is 7.60. The van der Waals surface area contributed by atoms with Crippen molar-refractivity contribution < 1.29 is 4.74 Å². The molecular weight excluding hydrogens is 258 g/mol. The molecule has 0 saturated carbocycles. The molecule has 2 aromatic carbocycles. The Morgan fingerprint density at radius 3 is 2.10 bits per heavy atom. The van der Waals surface area contributed by atoms with Gasteiger partial charge in [0, 0.05) is 13.2 Å². The Balaban J connectivity index is 2.06. The quantitative estimate of drug-likeness (QED) is 0.811. The van der Waals surface area contributed by atoms with Crippen LogP contribution in [-0.2, 0) is 4.74 Å². The zero-order chi connectivity index (χ0) is 15.1. The van der Waals surface area contributed by atoms with Gasteiger partial charge in [-0.25, -0.2) is 0 Å². The molecule has 2 heteroatoms. The summed E-state index contributed by atoms with van der Waals surface area (Å²) in [6.07, 6.45) is 2.45. The molecule has 2 unspecified atom stereocenters. The van der Waals surface area contributed by atoms with Crippen LogP contribution in [0.5, 0.6) is 0 Å². The van der Waals surface area contributed by atoms with Gasteiger partial charge in [0.1, 0.15) is 0 Å². The van der Waals surface area contributed by atoms with Crippen LogP contribution in [0.3, 0.4) is 0 Å². The minimum Gasteiger partial charge on any atom is -0.382 e. The number of rotatable bonds is 7. The summed E-state index contributed by atoms with van der Waals surface area (Å²) in [4.78, 5) is 0. The summed E-state index contributed by atoms with van der Waals surface area (Å²) in [7, 11) is 3.79. The third-order valence-corrected chi connectivity index (χ3v) is 4.03. The number of methoxy groups -OCH3 is 1. The third-order valence-electron chi connectivity index (χ3n) is 4.03. The second-order valence-electron chi connectivity index (χ2n) is 5.45. The second kappa shape index (κ2) is 7.96. The maximum Gasteiger partial charge on any atom is 0.0543 e.